The highest BCUT2D eigenvalue weighted by Gasteiger charge is 2.35. The van der Waals surface area contributed by atoms with Crippen LogP contribution in [0.3, 0.4) is 0 Å². The van der Waals surface area contributed by atoms with Crippen molar-refractivity contribution < 1.29 is 9.53 Å². The summed E-state index contributed by atoms with van der Waals surface area (Å²) in [4.78, 5) is 17.8. The van der Waals surface area contributed by atoms with E-state index in [-0.39, 0.29) is 5.92 Å². The van der Waals surface area contributed by atoms with Crippen LogP contribution in [0.25, 0.3) is 0 Å². The molecular formula is C28H52N2O2. The van der Waals surface area contributed by atoms with Gasteiger partial charge in [-0.05, 0) is 115 Å². The predicted octanol–water partition coefficient (Wildman–Crippen LogP) is 5.99. The fourth-order valence-electron chi connectivity index (χ4n) is 6.18. The van der Waals surface area contributed by atoms with E-state index in [1.54, 1.807) is 0 Å². The van der Waals surface area contributed by atoms with Crippen molar-refractivity contribution in [2.45, 2.75) is 105 Å². The van der Waals surface area contributed by atoms with E-state index < -0.39 is 0 Å². The summed E-state index contributed by atoms with van der Waals surface area (Å²) in [5.74, 6) is 3.00. The zero-order chi connectivity index (χ0) is 23.4. The molecule has 0 aromatic rings. The number of carbonyl (C=O) groups excluding carboxylic acids is 1. The molecule has 2 heterocycles. The van der Waals surface area contributed by atoms with Crippen LogP contribution in [0.2, 0.25) is 0 Å². The largest absolute Gasteiger partial charge is 0.381 e. The molecule has 1 aliphatic carbocycles. The van der Waals surface area contributed by atoms with Gasteiger partial charge in [-0.2, -0.15) is 0 Å². The van der Waals surface area contributed by atoms with Gasteiger partial charge >= 0.3 is 0 Å². The van der Waals surface area contributed by atoms with Crippen molar-refractivity contribution in [3.63, 3.8) is 0 Å². The number of rotatable bonds is 6. The second-order valence-corrected chi connectivity index (χ2v) is 13.1. The molecule has 0 bridgehead atoms. The molecule has 3 aliphatic rings. The van der Waals surface area contributed by atoms with Crippen molar-refractivity contribution in [3.05, 3.63) is 0 Å². The first kappa shape index (κ1) is 26.0. The fourth-order valence-corrected chi connectivity index (χ4v) is 6.18. The van der Waals surface area contributed by atoms with Crippen molar-refractivity contribution in [1.82, 2.24) is 9.80 Å². The van der Waals surface area contributed by atoms with Gasteiger partial charge in [0.05, 0.1) is 0 Å². The molecule has 1 amide bonds. The van der Waals surface area contributed by atoms with Crippen molar-refractivity contribution in [2.75, 3.05) is 39.4 Å². The molecule has 2 aliphatic heterocycles. The maximum atomic E-state index is 13.0. The molecule has 186 valence electrons. The normalized spacial score (nSPS) is 27.6. The highest BCUT2D eigenvalue weighted by Crippen LogP contribution is 2.40. The maximum absolute atomic E-state index is 13.0. The summed E-state index contributed by atoms with van der Waals surface area (Å²) in [6.45, 7) is 20.2. The average Bonchev–Trinajstić information content (AvgIpc) is 2.76. The molecule has 1 saturated carbocycles. The molecule has 0 radical (unpaired) electrons. The SMILES string of the molecule is CC(C)(C)C1CCC(C(=O)N2CCC(CCOCC3CCN(C(C)(C)C)CC3)CC2)CC1. The molecule has 0 atom stereocenters. The summed E-state index contributed by atoms with van der Waals surface area (Å²) in [7, 11) is 0. The van der Waals surface area contributed by atoms with Gasteiger partial charge in [-0.1, -0.05) is 20.8 Å². The molecule has 4 nitrogen and oxygen atoms in total. The molecule has 0 unspecified atom stereocenters. The van der Waals surface area contributed by atoms with Crippen LogP contribution in [0, 0.1) is 29.1 Å². The van der Waals surface area contributed by atoms with Crippen molar-refractivity contribution in [3.8, 4) is 0 Å². The number of piperidine rings is 2. The van der Waals surface area contributed by atoms with E-state index in [0.717, 1.165) is 69.7 Å². The Kier molecular flexibility index (Phi) is 9.11. The number of amides is 1. The van der Waals surface area contributed by atoms with Crippen LogP contribution in [0.5, 0.6) is 0 Å². The second-order valence-electron chi connectivity index (χ2n) is 13.1. The third-order valence-corrected chi connectivity index (χ3v) is 8.81. The van der Waals surface area contributed by atoms with E-state index in [4.69, 9.17) is 4.74 Å². The van der Waals surface area contributed by atoms with Gasteiger partial charge in [0.15, 0.2) is 0 Å². The third kappa shape index (κ3) is 7.45. The summed E-state index contributed by atoms with van der Waals surface area (Å²) in [6.07, 6.45) is 10.7. The van der Waals surface area contributed by atoms with Gasteiger partial charge in [-0.15, -0.1) is 0 Å². The van der Waals surface area contributed by atoms with E-state index in [9.17, 15) is 4.79 Å². The Bertz CT molecular complexity index is 567. The smallest absolute Gasteiger partial charge is 0.225 e. The molecule has 0 N–H and O–H groups in total. The maximum Gasteiger partial charge on any atom is 0.225 e. The van der Waals surface area contributed by atoms with Crippen LogP contribution in [0.4, 0.5) is 0 Å². The number of nitrogens with zero attached hydrogens (tertiary/aromatic N) is 2. The second kappa shape index (κ2) is 11.2. The number of likely N-dealkylation sites (tertiary alicyclic amines) is 2. The summed E-state index contributed by atoms with van der Waals surface area (Å²) in [6, 6.07) is 0. The van der Waals surface area contributed by atoms with Crippen LogP contribution in [0.15, 0.2) is 0 Å². The Labute approximate surface area is 198 Å². The average molecular weight is 449 g/mol. The molecule has 0 spiro atoms. The predicted molar refractivity (Wildman–Crippen MR) is 134 cm³/mol. The van der Waals surface area contributed by atoms with Crippen LogP contribution < -0.4 is 0 Å². The zero-order valence-electron chi connectivity index (χ0n) is 22.1. The van der Waals surface area contributed by atoms with Crippen LogP contribution in [-0.2, 0) is 9.53 Å². The number of hydrogen-bond acceptors (Lipinski definition) is 3. The summed E-state index contributed by atoms with van der Waals surface area (Å²) < 4.78 is 6.10. The van der Waals surface area contributed by atoms with Crippen LogP contribution in [-0.4, -0.2) is 60.6 Å². The van der Waals surface area contributed by atoms with E-state index in [1.807, 2.05) is 0 Å². The van der Waals surface area contributed by atoms with Crippen molar-refractivity contribution >= 4 is 5.91 Å². The monoisotopic (exact) mass is 448 g/mol. The lowest BCUT2D eigenvalue weighted by Crippen LogP contribution is -2.46. The molecule has 3 rings (SSSR count). The lowest BCUT2D eigenvalue weighted by Gasteiger charge is -2.40. The molecule has 3 fully saturated rings. The minimum Gasteiger partial charge on any atom is -0.381 e. The first-order valence-electron chi connectivity index (χ1n) is 13.7. The molecule has 0 aromatic heterocycles. The topological polar surface area (TPSA) is 32.8 Å². The lowest BCUT2D eigenvalue weighted by molar-refractivity contribution is -0.138. The van der Waals surface area contributed by atoms with E-state index in [2.05, 4.69) is 51.3 Å². The Morgan fingerprint density at radius 1 is 0.781 bits per heavy atom. The lowest BCUT2D eigenvalue weighted by atomic mass is 9.69. The Hall–Kier alpha value is -0.610. The van der Waals surface area contributed by atoms with Gasteiger partial charge in [0, 0.05) is 37.8 Å². The van der Waals surface area contributed by atoms with Crippen molar-refractivity contribution in [2.24, 2.45) is 29.1 Å². The van der Waals surface area contributed by atoms with Gasteiger partial charge in [0.25, 0.3) is 0 Å². The zero-order valence-corrected chi connectivity index (χ0v) is 22.1. The fraction of sp³-hybridized carbons (Fsp3) is 0.964. The summed E-state index contributed by atoms with van der Waals surface area (Å²) in [5.41, 5.74) is 0.687. The van der Waals surface area contributed by atoms with Crippen LogP contribution >= 0.6 is 0 Å². The first-order valence-corrected chi connectivity index (χ1v) is 13.7. The molecule has 4 heteroatoms. The highest BCUT2D eigenvalue weighted by molar-refractivity contribution is 5.79. The Morgan fingerprint density at radius 2 is 1.34 bits per heavy atom. The minimum absolute atomic E-state index is 0.290. The summed E-state index contributed by atoms with van der Waals surface area (Å²) >= 11 is 0. The van der Waals surface area contributed by atoms with E-state index >= 15 is 0 Å². The first-order chi connectivity index (χ1) is 15.0. The number of ether oxygens (including phenoxy) is 1. The van der Waals surface area contributed by atoms with Crippen LogP contribution in [0.1, 0.15) is 99.3 Å². The van der Waals surface area contributed by atoms with E-state index in [1.165, 1.54) is 45.2 Å². The Morgan fingerprint density at radius 3 is 1.88 bits per heavy atom. The molecule has 0 aromatic carbocycles. The third-order valence-electron chi connectivity index (χ3n) is 8.81. The highest BCUT2D eigenvalue weighted by atomic mass is 16.5. The van der Waals surface area contributed by atoms with Gasteiger partial charge in [0.1, 0.15) is 0 Å². The standard InChI is InChI=1S/C28H52N2O2/c1-27(2,3)25-9-7-24(8-10-25)26(31)29-16-11-22(12-17-29)15-20-32-21-23-13-18-30(19-14-23)28(4,5)6/h22-25H,7-21H2,1-6H3. The molecular weight excluding hydrogens is 396 g/mol. The number of carbonyl (C=O) groups is 1. The molecule has 32 heavy (non-hydrogen) atoms. The van der Waals surface area contributed by atoms with E-state index in [0.29, 0.717) is 16.9 Å². The number of hydrogen-bond donors (Lipinski definition) is 0. The van der Waals surface area contributed by atoms with Crippen molar-refractivity contribution in [1.29, 1.82) is 0 Å². The van der Waals surface area contributed by atoms with Gasteiger partial charge in [-0.3, -0.25) is 9.69 Å². The van der Waals surface area contributed by atoms with Gasteiger partial charge < -0.3 is 9.64 Å². The quantitative estimate of drug-likeness (QED) is 0.468. The van der Waals surface area contributed by atoms with Gasteiger partial charge in [-0.25, -0.2) is 0 Å². The van der Waals surface area contributed by atoms with Gasteiger partial charge in [0.2, 0.25) is 5.91 Å². The Balaban J connectivity index is 1.26. The molecule has 2 saturated heterocycles. The minimum atomic E-state index is 0.290. The summed E-state index contributed by atoms with van der Waals surface area (Å²) in [5, 5.41) is 0.